The molecule has 1 aromatic carbocycles. The van der Waals surface area contributed by atoms with Crippen molar-refractivity contribution in [1.82, 2.24) is 24.5 Å². The third-order valence-corrected chi connectivity index (χ3v) is 5.25. The molecule has 4 rings (SSSR count). The average molecular weight is 441 g/mol. The lowest BCUT2D eigenvalue weighted by atomic mass is 10.2. The van der Waals surface area contributed by atoms with E-state index in [4.69, 9.17) is 23.2 Å². The standard InChI is InChI=1S/C18H16Cl2F2N6O/c19-12-4-2-1-3-11(12)7-27-9-23-18(26-27)24-13(29)8-28-16(10-5-6-10)14(20)15(25-28)17(21)22/h1-4,9-10,17H,5-8H2,(H,24,26,29). The van der Waals surface area contributed by atoms with E-state index in [1.54, 1.807) is 6.07 Å². The minimum absolute atomic E-state index is 0.0579. The van der Waals surface area contributed by atoms with Gasteiger partial charge in [-0.25, -0.2) is 18.4 Å². The summed E-state index contributed by atoms with van der Waals surface area (Å²) in [6.45, 7) is 0.137. The molecule has 1 fully saturated rings. The van der Waals surface area contributed by atoms with Crippen LogP contribution in [0.2, 0.25) is 10.0 Å². The average Bonchev–Trinajstić information content (AvgIpc) is 3.32. The Morgan fingerprint density at radius 2 is 2.00 bits per heavy atom. The Morgan fingerprint density at radius 1 is 1.24 bits per heavy atom. The van der Waals surface area contributed by atoms with E-state index in [1.807, 2.05) is 18.2 Å². The van der Waals surface area contributed by atoms with Gasteiger partial charge in [0.1, 0.15) is 18.6 Å². The summed E-state index contributed by atoms with van der Waals surface area (Å²) in [5.74, 6) is -0.326. The molecule has 29 heavy (non-hydrogen) atoms. The molecule has 1 N–H and O–H groups in total. The van der Waals surface area contributed by atoms with Gasteiger partial charge in [0.05, 0.1) is 17.3 Å². The largest absolute Gasteiger partial charge is 0.292 e. The highest BCUT2D eigenvalue weighted by Gasteiger charge is 2.34. The van der Waals surface area contributed by atoms with Crippen LogP contribution in [0, 0.1) is 0 Å². The van der Waals surface area contributed by atoms with Gasteiger partial charge in [-0.05, 0) is 24.5 Å². The van der Waals surface area contributed by atoms with Crippen LogP contribution in [0.1, 0.15) is 42.1 Å². The van der Waals surface area contributed by atoms with Gasteiger partial charge in [-0.2, -0.15) is 5.10 Å². The second-order valence-electron chi connectivity index (χ2n) is 6.72. The van der Waals surface area contributed by atoms with Crippen LogP contribution in [0.25, 0.3) is 0 Å². The van der Waals surface area contributed by atoms with Crippen LogP contribution in [0.15, 0.2) is 30.6 Å². The van der Waals surface area contributed by atoms with Gasteiger partial charge in [0.2, 0.25) is 11.9 Å². The van der Waals surface area contributed by atoms with Gasteiger partial charge >= 0.3 is 0 Å². The molecule has 1 saturated carbocycles. The maximum absolute atomic E-state index is 13.1. The Balaban J connectivity index is 1.44. The number of rotatable bonds is 7. The molecule has 11 heteroatoms. The smallest absolute Gasteiger partial charge is 0.283 e. The summed E-state index contributed by atoms with van der Waals surface area (Å²) < 4.78 is 29.0. The summed E-state index contributed by atoms with van der Waals surface area (Å²) in [5.41, 5.74) is 0.842. The van der Waals surface area contributed by atoms with E-state index in [2.05, 4.69) is 20.5 Å². The van der Waals surface area contributed by atoms with Gasteiger partial charge in [0.25, 0.3) is 6.43 Å². The molecule has 0 aliphatic heterocycles. The normalized spacial score (nSPS) is 13.8. The zero-order valence-corrected chi connectivity index (χ0v) is 16.5. The molecule has 0 bridgehead atoms. The van der Waals surface area contributed by atoms with Crippen molar-refractivity contribution in [3.8, 4) is 0 Å². The quantitative estimate of drug-likeness (QED) is 0.594. The van der Waals surface area contributed by atoms with Crippen LogP contribution in [-0.2, 0) is 17.9 Å². The van der Waals surface area contributed by atoms with Crippen molar-refractivity contribution in [3.63, 3.8) is 0 Å². The highest BCUT2D eigenvalue weighted by Crippen LogP contribution is 2.45. The topological polar surface area (TPSA) is 77.6 Å². The predicted octanol–water partition coefficient (Wildman–Crippen LogP) is 4.28. The Kier molecular flexibility index (Phi) is 5.51. The molecule has 2 aromatic heterocycles. The fourth-order valence-electron chi connectivity index (χ4n) is 3.01. The summed E-state index contributed by atoms with van der Waals surface area (Å²) in [4.78, 5) is 16.4. The van der Waals surface area contributed by atoms with Gasteiger partial charge in [-0.3, -0.25) is 14.8 Å². The number of nitrogens with one attached hydrogen (secondary N) is 1. The Hall–Kier alpha value is -2.52. The van der Waals surface area contributed by atoms with Crippen molar-refractivity contribution < 1.29 is 13.6 Å². The first-order valence-corrected chi connectivity index (χ1v) is 9.65. The van der Waals surface area contributed by atoms with Crippen LogP contribution >= 0.6 is 23.2 Å². The summed E-state index contributed by atoms with van der Waals surface area (Å²) in [6, 6.07) is 7.33. The molecule has 152 valence electrons. The van der Waals surface area contributed by atoms with E-state index in [9.17, 15) is 13.6 Å². The maximum Gasteiger partial charge on any atom is 0.283 e. The number of alkyl halides is 2. The molecule has 0 unspecified atom stereocenters. The maximum atomic E-state index is 13.1. The second kappa shape index (κ2) is 8.08. The van der Waals surface area contributed by atoms with Crippen LogP contribution in [0.3, 0.4) is 0 Å². The van der Waals surface area contributed by atoms with E-state index >= 15 is 0 Å². The summed E-state index contributed by atoms with van der Waals surface area (Å²) in [6.07, 6.45) is 0.341. The molecule has 7 nitrogen and oxygen atoms in total. The highest BCUT2D eigenvalue weighted by atomic mass is 35.5. The number of halogens is 4. The second-order valence-corrected chi connectivity index (χ2v) is 7.51. The number of carbonyl (C=O) groups excluding carboxylic acids is 1. The summed E-state index contributed by atoms with van der Waals surface area (Å²) in [7, 11) is 0. The fraction of sp³-hybridized carbons (Fsp3) is 0.333. The summed E-state index contributed by atoms with van der Waals surface area (Å²) in [5, 5.41) is 11.1. The first-order chi connectivity index (χ1) is 13.9. The van der Waals surface area contributed by atoms with Crippen molar-refractivity contribution in [3.05, 3.63) is 57.6 Å². The Bertz CT molecular complexity index is 1050. The lowest BCUT2D eigenvalue weighted by molar-refractivity contribution is -0.117. The molecule has 2 heterocycles. The van der Waals surface area contributed by atoms with E-state index in [-0.39, 0.29) is 23.4 Å². The Labute approximate surface area is 174 Å². The van der Waals surface area contributed by atoms with Gasteiger partial charge in [0, 0.05) is 10.9 Å². The molecular formula is C18H16Cl2F2N6O. The Morgan fingerprint density at radius 3 is 2.69 bits per heavy atom. The van der Waals surface area contributed by atoms with E-state index in [1.165, 1.54) is 15.7 Å². The van der Waals surface area contributed by atoms with Gasteiger partial charge in [-0.1, -0.05) is 41.4 Å². The van der Waals surface area contributed by atoms with Crippen LogP contribution in [-0.4, -0.2) is 30.5 Å². The molecule has 0 saturated heterocycles. The lowest BCUT2D eigenvalue weighted by Gasteiger charge is -2.06. The van der Waals surface area contributed by atoms with Gasteiger partial charge in [-0.15, -0.1) is 5.10 Å². The highest BCUT2D eigenvalue weighted by molar-refractivity contribution is 6.32. The van der Waals surface area contributed by atoms with Gasteiger partial charge < -0.3 is 0 Å². The molecule has 1 aliphatic carbocycles. The number of amides is 1. The number of carbonyl (C=O) groups is 1. The predicted molar refractivity (Wildman–Crippen MR) is 103 cm³/mol. The van der Waals surface area contributed by atoms with Crippen LogP contribution < -0.4 is 5.32 Å². The van der Waals surface area contributed by atoms with Crippen LogP contribution in [0.4, 0.5) is 14.7 Å². The van der Waals surface area contributed by atoms with Crippen molar-refractivity contribution in [2.24, 2.45) is 0 Å². The van der Waals surface area contributed by atoms with E-state index in [0.29, 0.717) is 17.3 Å². The monoisotopic (exact) mass is 440 g/mol. The molecule has 0 atom stereocenters. The molecule has 1 amide bonds. The van der Waals surface area contributed by atoms with Gasteiger partial charge in [0.15, 0.2) is 0 Å². The number of benzene rings is 1. The molecule has 1 aliphatic rings. The molecule has 0 spiro atoms. The molecule has 3 aromatic rings. The van der Waals surface area contributed by atoms with Crippen molar-refractivity contribution in [2.75, 3.05) is 5.32 Å². The summed E-state index contributed by atoms with van der Waals surface area (Å²) >= 11 is 12.2. The zero-order chi connectivity index (χ0) is 20.5. The number of hydrogen-bond acceptors (Lipinski definition) is 4. The minimum atomic E-state index is -2.80. The first-order valence-electron chi connectivity index (χ1n) is 8.89. The lowest BCUT2D eigenvalue weighted by Crippen LogP contribution is -2.21. The first kappa shape index (κ1) is 19.8. The third-order valence-electron chi connectivity index (χ3n) is 4.50. The minimum Gasteiger partial charge on any atom is -0.292 e. The number of hydrogen-bond donors (Lipinski definition) is 1. The fourth-order valence-corrected chi connectivity index (χ4v) is 3.58. The molecule has 0 radical (unpaired) electrons. The SMILES string of the molecule is O=C(Cn1nc(C(F)F)c(Cl)c1C1CC1)Nc1ncn(Cc2ccccc2Cl)n1. The number of aromatic nitrogens is 5. The van der Waals surface area contributed by atoms with E-state index in [0.717, 1.165) is 18.4 Å². The zero-order valence-electron chi connectivity index (χ0n) is 15.0. The number of anilines is 1. The van der Waals surface area contributed by atoms with Crippen LogP contribution in [0.5, 0.6) is 0 Å². The van der Waals surface area contributed by atoms with Crippen molar-refractivity contribution >= 4 is 35.1 Å². The third kappa shape index (κ3) is 4.40. The number of nitrogens with zero attached hydrogens (tertiary/aromatic N) is 5. The van der Waals surface area contributed by atoms with Crippen molar-refractivity contribution in [1.29, 1.82) is 0 Å². The molecular weight excluding hydrogens is 425 g/mol. The van der Waals surface area contributed by atoms with E-state index < -0.39 is 18.0 Å². The van der Waals surface area contributed by atoms with Crippen molar-refractivity contribution in [2.45, 2.75) is 38.3 Å².